The van der Waals surface area contributed by atoms with Crippen LogP contribution >= 0.6 is 0 Å². The number of ether oxygens (including phenoxy) is 1. The molecule has 1 aromatic rings. The van der Waals surface area contributed by atoms with Crippen LogP contribution in [0.3, 0.4) is 0 Å². The molecule has 1 aliphatic heterocycles. The Balaban J connectivity index is 2.48. The molecule has 0 saturated carbocycles. The molecule has 1 aromatic carbocycles. The molecule has 0 aliphatic carbocycles. The molecule has 0 aromatic heterocycles. The van der Waals surface area contributed by atoms with Crippen molar-refractivity contribution >= 4 is 18.0 Å². The average molecular weight is 159 g/mol. The monoisotopic (exact) mass is 159 g/mol. The Labute approximate surface area is 71.2 Å². The van der Waals surface area contributed by atoms with E-state index in [9.17, 15) is 0 Å². The Bertz CT molecular complexity index is 295. The normalized spacial score (nSPS) is 17.0. The van der Waals surface area contributed by atoms with Gasteiger partial charge in [-0.15, -0.1) is 0 Å². The van der Waals surface area contributed by atoms with Gasteiger partial charge in [0.05, 0.1) is 11.9 Å². The Hall–Kier alpha value is -1.57. The summed E-state index contributed by atoms with van der Waals surface area (Å²) in [6.45, 7) is 0.546. The number of rotatable bonds is 0. The van der Waals surface area contributed by atoms with Crippen LogP contribution in [0, 0.1) is 0 Å². The van der Waals surface area contributed by atoms with E-state index in [-0.39, 0.29) is 0 Å². The van der Waals surface area contributed by atoms with Crippen molar-refractivity contribution < 1.29 is 4.74 Å². The lowest BCUT2D eigenvalue weighted by Gasteiger charge is -2.03. The maximum absolute atomic E-state index is 5.10. The van der Waals surface area contributed by atoms with E-state index in [1.165, 1.54) is 0 Å². The minimum absolute atomic E-state index is 0.546. The van der Waals surface area contributed by atoms with Crippen LogP contribution in [0.25, 0.3) is 6.08 Å². The summed E-state index contributed by atoms with van der Waals surface area (Å²) < 4.78 is 5.10. The molecular weight excluding hydrogens is 150 g/mol. The zero-order valence-corrected chi connectivity index (χ0v) is 6.60. The number of benzene rings is 1. The third-order valence-electron chi connectivity index (χ3n) is 1.68. The van der Waals surface area contributed by atoms with Gasteiger partial charge in [-0.1, -0.05) is 18.2 Å². The minimum atomic E-state index is 0.546. The van der Waals surface area contributed by atoms with Gasteiger partial charge in [-0.3, -0.25) is 4.99 Å². The Morgan fingerprint density at radius 1 is 1.25 bits per heavy atom. The highest BCUT2D eigenvalue weighted by Crippen LogP contribution is 2.20. The number of nitrogens with zero attached hydrogens (tertiary/aromatic N) is 1. The molecule has 1 aliphatic rings. The molecule has 0 N–H and O–H groups in total. The van der Waals surface area contributed by atoms with Crippen LogP contribution in [0.5, 0.6) is 0 Å². The lowest BCUT2D eigenvalue weighted by Crippen LogP contribution is -1.90. The third-order valence-corrected chi connectivity index (χ3v) is 1.68. The smallest absolute Gasteiger partial charge is 0.122 e. The Morgan fingerprint density at radius 2 is 2.17 bits per heavy atom. The number of para-hydroxylation sites is 1. The van der Waals surface area contributed by atoms with Gasteiger partial charge in [-0.25, -0.2) is 0 Å². The molecule has 0 spiro atoms. The van der Waals surface area contributed by atoms with E-state index >= 15 is 0 Å². The summed E-state index contributed by atoms with van der Waals surface area (Å²) in [4.78, 5) is 4.25. The first-order valence-electron chi connectivity index (χ1n) is 3.86. The fourth-order valence-electron chi connectivity index (χ4n) is 1.10. The van der Waals surface area contributed by atoms with Crippen LogP contribution in [0.15, 0.2) is 35.5 Å². The molecular formula is C10H9NO. The summed E-state index contributed by atoms with van der Waals surface area (Å²) in [5, 5.41) is 0. The van der Waals surface area contributed by atoms with Crippen LogP contribution < -0.4 is 0 Å². The molecule has 0 bridgehead atoms. The van der Waals surface area contributed by atoms with Gasteiger partial charge < -0.3 is 4.74 Å². The van der Waals surface area contributed by atoms with Crippen molar-refractivity contribution in [2.24, 2.45) is 4.99 Å². The molecule has 1 heterocycles. The fourth-order valence-corrected chi connectivity index (χ4v) is 1.10. The van der Waals surface area contributed by atoms with Gasteiger partial charge >= 0.3 is 0 Å². The van der Waals surface area contributed by atoms with E-state index < -0.39 is 0 Å². The second-order valence-corrected chi connectivity index (χ2v) is 2.51. The quantitative estimate of drug-likeness (QED) is 0.569. The maximum atomic E-state index is 5.10. The van der Waals surface area contributed by atoms with Gasteiger partial charge in [-0.05, 0) is 12.1 Å². The first kappa shape index (κ1) is 7.10. The first-order chi connectivity index (χ1) is 5.97. The van der Waals surface area contributed by atoms with E-state index in [0.29, 0.717) is 6.61 Å². The topological polar surface area (TPSA) is 21.6 Å². The predicted molar refractivity (Wildman–Crippen MR) is 49.6 cm³/mol. The SMILES string of the molecule is C1=Nc2ccccc2/C=C\OC1. The lowest BCUT2D eigenvalue weighted by molar-refractivity contribution is 0.308. The molecule has 0 amide bonds. The van der Waals surface area contributed by atoms with Gasteiger partial charge in [0.1, 0.15) is 6.61 Å². The number of aliphatic imine (C=N–C) groups is 1. The molecule has 12 heavy (non-hydrogen) atoms. The number of hydrogen-bond acceptors (Lipinski definition) is 2. The second-order valence-electron chi connectivity index (χ2n) is 2.51. The van der Waals surface area contributed by atoms with E-state index in [4.69, 9.17) is 4.74 Å². The molecule has 2 nitrogen and oxygen atoms in total. The van der Waals surface area contributed by atoms with Crippen molar-refractivity contribution in [2.75, 3.05) is 6.61 Å². The summed E-state index contributed by atoms with van der Waals surface area (Å²) in [7, 11) is 0. The predicted octanol–water partition coefficient (Wildman–Crippen LogP) is 2.39. The van der Waals surface area contributed by atoms with Crippen molar-refractivity contribution in [1.82, 2.24) is 0 Å². The van der Waals surface area contributed by atoms with Crippen molar-refractivity contribution in [1.29, 1.82) is 0 Å². The molecule has 0 atom stereocenters. The van der Waals surface area contributed by atoms with Crippen molar-refractivity contribution in [3.8, 4) is 0 Å². The van der Waals surface area contributed by atoms with Crippen LogP contribution in [-0.2, 0) is 4.74 Å². The van der Waals surface area contributed by atoms with Gasteiger partial charge in [0.25, 0.3) is 0 Å². The number of fused-ring (bicyclic) bond motifs is 1. The van der Waals surface area contributed by atoms with Crippen molar-refractivity contribution in [2.45, 2.75) is 0 Å². The lowest BCUT2D eigenvalue weighted by atomic mass is 10.2. The van der Waals surface area contributed by atoms with Crippen molar-refractivity contribution in [3.63, 3.8) is 0 Å². The van der Waals surface area contributed by atoms with Crippen LogP contribution in [-0.4, -0.2) is 12.8 Å². The van der Waals surface area contributed by atoms with Gasteiger partial charge in [-0.2, -0.15) is 0 Å². The zero-order valence-electron chi connectivity index (χ0n) is 6.60. The first-order valence-corrected chi connectivity index (χ1v) is 3.86. The van der Waals surface area contributed by atoms with Crippen molar-refractivity contribution in [3.05, 3.63) is 36.1 Å². The van der Waals surface area contributed by atoms with E-state index in [1.54, 1.807) is 12.5 Å². The van der Waals surface area contributed by atoms with E-state index in [1.807, 2.05) is 30.3 Å². The molecule has 60 valence electrons. The van der Waals surface area contributed by atoms with Crippen LogP contribution in [0.1, 0.15) is 5.56 Å². The standard InChI is InChI=1S/C10H9NO/c1-2-4-10-9(3-1)5-7-12-8-6-11-10/h1-7H,8H2/b7-5-,11-6?. The highest BCUT2D eigenvalue weighted by molar-refractivity contribution is 5.71. The zero-order chi connectivity index (χ0) is 8.23. The molecule has 0 saturated heterocycles. The summed E-state index contributed by atoms with van der Waals surface area (Å²) >= 11 is 0. The fraction of sp³-hybridized carbons (Fsp3) is 0.100. The summed E-state index contributed by atoms with van der Waals surface area (Å²) in [5.74, 6) is 0. The molecule has 0 unspecified atom stereocenters. The van der Waals surface area contributed by atoms with Gasteiger partial charge in [0.2, 0.25) is 0 Å². The molecule has 2 rings (SSSR count). The molecule has 0 radical (unpaired) electrons. The maximum Gasteiger partial charge on any atom is 0.122 e. The van der Waals surface area contributed by atoms with Gasteiger partial charge in [0.15, 0.2) is 0 Å². The summed E-state index contributed by atoms with van der Waals surface area (Å²) in [6, 6.07) is 7.96. The van der Waals surface area contributed by atoms with Crippen LogP contribution in [0.2, 0.25) is 0 Å². The highest BCUT2D eigenvalue weighted by Gasteiger charge is 1.96. The summed E-state index contributed by atoms with van der Waals surface area (Å²) in [5.41, 5.74) is 2.09. The second kappa shape index (κ2) is 3.22. The average Bonchev–Trinajstić information content (AvgIpc) is 2.06. The largest absolute Gasteiger partial charge is 0.496 e. The van der Waals surface area contributed by atoms with E-state index in [2.05, 4.69) is 4.99 Å². The Morgan fingerprint density at radius 3 is 3.17 bits per heavy atom. The summed E-state index contributed by atoms with van der Waals surface area (Å²) in [6.07, 6.45) is 5.39. The number of hydrogen-bond donors (Lipinski definition) is 0. The van der Waals surface area contributed by atoms with Crippen LogP contribution in [0.4, 0.5) is 5.69 Å². The molecule has 2 heteroatoms. The highest BCUT2D eigenvalue weighted by atomic mass is 16.5. The van der Waals surface area contributed by atoms with E-state index in [0.717, 1.165) is 11.3 Å². The third kappa shape index (κ3) is 1.37. The molecule has 0 fully saturated rings. The minimum Gasteiger partial charge on any atom is -0.496 e. The van der Waals surface area contributed by atoms with Gasteiger partial charge in [0, 0.05) is 11.8 Å². The Kier molecular flexibility index (Phi) is 1.90.